The van der Waals surface area contributed by atoms with Crippen LogP contribution in [0.1, 0.15) is 16.8 Å². The summed E-state index contributed by atoms with van der Waals surface area (Å²) in [6.07, 6.45) is 0.683. The number of esters is 1. The molecule has 3 fully saturated rings. The smallest absolute Gasteiger partial charge is 0.338 e. The Bertz CT molecular complexity index is 1140. The second-order valence-corrected chi connectivity index (χ2v) is 9.70. The number of hydrogen-bond acceptors (Lipinski definition) is 5. The van der Waals surface area contributed by atoms with Gasteiger partial charge < -0.3 is 10.1 Å². The fourth-order valence-electron chi connectivity index (χ4n) is 5.29. The molecule has 2 aliphatic carbocycles. The summed E-state index contributed by atoms with van der Waals surface area (Å²) in [6.45, 7) is -0.535. The van der Waals surface area contributed by atoms with E-state index >= 15 is 0 Å². The molecular weight excluding hydrogens is 486 g/mol. The van der Waals surface area contributed by atoms with Crippen molar-refractivity contribution < 1.29 is 28.3 Å². The lowest BCUT2D eigenvalue weighted by molar-refractivity contribution is -0.123. The minimum atomic E-state index is -0.746. The van der Waals surface area contributed by atoms with E-state index in [1.54, 1.807) is 0 Å². The number of carbonyl (C=O) groups is 4. The minimum absolute atomic E-state index is 0.115. The van der Waals surface area contributed by atoms with Crippen LogP contribution >= 0.6 is 23.2 Å². The van der Waals surface area contributed by atoms with Gasteiger partial charge in [0.1, 0.15) is 5.82 Å². The first-order valence-corrected chi connectivity index (χ1v) is 11.6. The molecule has 3 amide bonds. The number of amides is 3. The van der Waals surface area contributed by atoms with E-state index < -0.39 is 36.1 Å². The van der Waals surface area contributed by atoms with Gasteiger partial charge in [-0.1, -0.05) is 0 Å². The summed E-state index contributed by atoms with van der Waals surface area (Å²) < 4.78 is 17.9. The molecular formula is C24H19Cl2FN2O5. The van der Waals surface area contributed by atoms with E-state index in [1.807, 2.05) is 0 Å². The number of halogens is 3. The Morgan fingerprint density at radius 2 is 1.50 bits per heavy atom. The summed E-state index contributed by atoms with van der Waals surface area (Å²) in [7, 11) is 0. The van der Waals surface area contributed by atoms with Gasteiger partial charge in [-0.05, 0) is 66.8 Å². The quantitative estimate of drug-likeness (QED) is 0.381. The predicted octanol–water partition coefficient (Wildman–Crippen LogP) is 3.59. The van der Waals surface area contributed by atoms with Crippen LogP contribution in [0.4, 0.5) is 15.8 Å². The lowest BCUT2D eigenvalue weighted by Crippen LogP contribution is -2.37. The van der Waals surface area contributed by atoms with Crippen molar-refractivity contribution in [3.05, 3.63) is 59.9 Å². The first kappa shape index (κ1) is 22.8. The lowest BCUT2D eigenvalue weighted by atomic mass is 9.80. The normalized spacial score (nSPS) is 29.3. The maximum Gasteiger partial charge on any atom is 0.338 e. The molecule has 176 valence electrons. The van der Waals surface area contributed by atoms with Gasteiger partial charge in [-0.15, -0.1) is 23.2 Å². The number of fused-ring (bicyclic) bond motifs is 5. The molecule has 2 bridgehead atoms. The molecule has 7 nitrogen and oxygen atoms in total. The number of alkyl halides is 2. The highest BCUT2D eigenvalue weighted by molar-refractivity contribution is 6.32. The third-order valence-electron chi connectivity index (χ3n) is 6.81. The van der Waals surface area contributed by atoms with Crippen LogP contribution in [0.5, 0.6) is 0 Å². The van der Waals surface area contributed by atoms with Crippen LogP contribution in [0.3, 0.4) is 0 Å². The zero-order chi connectivity index (χ0) is 24.1. The summed E-state index contributed by atoms with van der Waals surface area (Å²) in [4.78, 5) is 51.5. The molecule has 0 unspecified atom stereocenters. The van der Waals surface area contributed by atoms with Gasteiger partial charge >= 0.3 is 5.97 Å². The largest absolute Gasteiger partial charge is 0.452 e. The molecule has 0 aromatic heterocycles. The van der Waals surface area contributed by atoms with Gasteiger partial charge in [-0.3, -0.25) is 19.3 Å². The van der Waals surface area contributed by atoms with Crippen molar-refractivity contribution in [3.8, 4) is 0 Å². The van der Waals surface area contributed by atoms with E-state index in [0.29, 0.717) is 17.8 Å². The minimum Gasteiger partial charge on any atom is -0.452 e. The molecule has 5 rings (SSSR count). The number of ether oxygens (including phenoxy) is 1. The van der Waals surface area contributed by atoms with Crippen LogP contribution in [-0.2, 0) is 19.1 Å². The predicted molar refractivity (Wildman–Crippen MR) is 122 cm³/mol. The van der Waals surface area contributed by atoms with Crippen molar-refractivity contribution in [1.29, 1.82) is 0 Å². The molecule has 34 heavy (non-hydrogen) atoms. The molecule has 2 saturated carbocycles. The summed E-state index contributed by atoms with van der Waals surface area (Å²) in [5, 5.41) is 1.82. The number of anilines is 2. The Balaban J connectivity index is 1.21. The molecule has 6 atom stereocenters. The molecule has 0 spiro atoms. The highest BCUT2D eigenvalue weighted by Gasteiger charge is 2.66. The van der Waals surface area contributed by atoms with Gasteiger partial charge in [0.05, 0.1) is 33.8 Å². The molecule has 1 aliphatic heterocycles. The second-order valence-electron chi connectivity index (χ2n) is 8.69. The van der Waals surface area contributed by atoms with E-state index in [4.69, 9.17) is 27.9 Å². The zero-order valence-electron chi connectivity index (χ0n) is 17.6. The Labute approximate surface area is 204 Å². The maximum atomic E-state index is 13.1. The Morgan fingerprint density at radius 3 is 2.06 bits per heavy atom. The van der Waals surface area contributed by atoms with Gasteiger partial charge in [0.25, 0.3) is 5.91 Å². The van der Waals surface area contributed by atoms with Crippen LogP contribution in [0.15, 0.2) is 48.5 Å². The van der Waals surface area contributed by atoms with Crippen molar-refractivity contribution in [2.45, 2.75) is 17.2 Å². The lowest BCUT2D eigenvalue weighted by Gasteiger charge is -2.28. The summed E-state index contributed by atoms with van der Waals surface area (Å²) in [6, 6.07) is 11.0. The first-order valence-electron chi connectivity index (χ1n) is 10.7. The Morgan fingerprint density at radius 1 is 0.941 bits per heavy atom. The standard InChI is InChI=1S/C24H19Cl2FN2O5/c25-20-15-9-16(21(20)26)19-18(15)22(31)29(23(19)32)14-7-1-11(2-8-14)24(33)34-10-17(30)28-13-5-3-12(27)4-6-13/h1-8,15-16,18-21H,9-10H2,(H,28,30)/t15-,16-,18-,19+,20+,21+/m1/s1. The third-order valence-corrected chi connectivity index (χ3v) is 8.13. The van der Waals surface area contributed by atoms with Crippen LogP contribution < -0.4 is 10.2 Å². The van der Waals surface area contributed by atoms with Crippen molar-refractivity contribution in [3.63, 3.8) is 0 Å². The van der Waals surface area contributed by atoms with Crippen LogP contribution in [0.2, 0.25) is 0 Å². The zero-order valence-corrected chi connectivity index (χ0v) is 19.1. The van der Waals surface area contributed by atoms with E-state index in [-0.39, 0.29) is 40.0 Å². The molecule has 1 N–H and O–H groups in total. The van der Waals surface area contributed by atoms with Gasteiger partial charge in [0.2, 0.25) is 11.8 Å². The van der Waals surface area contributed by atoms with Crippen LogP contribution in [0.25, 0.3) is 0 Å². The number of nitrogens with zero attached hydrogens (tertiary/aromatic N) is 1. The first-order chi connectivity index (χ1) is 16.3. The molecule has 0 radical (unpaired) electrons. The summed E-state index contributed by atoms with van der Waals surface area (Å²) in [5.41, 5.74) is 0.872. The van der Waals surface area contributed by atoms with Crippen LogP contribution in [0, 0.1) is 29.5 Å². The van der Waals surface area contributed by atoms with E-state index in [1.165, 1.54) is 48.5 Å². The average molecular weight is 505 g/mol. The van der Waals surface area contributed by atoms with Crippen molar-refractivity contribution >= 4 is 58.3 Å². The van der Waals surface area contributed by atoms with Crippen molar-refractivity contribution in [2.24, 2.45) is 23.7 Å². The van der Waals surface area contributed by atoms with Gasteiger partial charge in [0, 0.05) is 5.69 Å². The fourth-order valence-corrected chi connectivity index (χ4v) is 6.19. The number of nitrogens with one attached hydrogen (secondary N) is 1. The molecule has 1 saturated heterocycles. The monoisotopic (exact) mass is 504 g/mol. The number of benzene rings is 2. The fraction of sp³-hybridized carbons (Fsp3) is 0.333. The number of imide groups is 1. The van der Waals surface area contributed by atoms with Gasteiger partial charge in [0.15, 0.2) is 6.61 Å². The highest BCUT2D eigenvalue weighted by Crippen LogP contribution is 2.59. The molecule has 3 aliphatic rings. The highest BCUT2D eigenvalue weighted by atomic mass is 35.5. The third kappa shape index (κ3) is 3.75. The number of carbonyl (C=O) groups excluding carboxylic acids is 4. The van der Waals surface area contributed by atoms with E-state index in [9.17, 15) is 23.6 Å². The molecule has 1 heterocycles. The maximum absolute atomic E-state index is 13.1. The van der Waals surface area contributed by atoms with E-state index in [0.717, 1.165) is 4.90 Å². The topological polar surface area (TPSA) is 92.8 Å². The average Bonchev–Trinajstić information content (AvgIpc) is 3.44. The molecule has 10 heteroatoms. The number of rotatable bonds is 5. The summed E-state index contributed by atoms with van der Waals surface area (Å²) >= 11 is 12.8. The van der Waals surface area contributed by atoms with E-state index in [2.05, 4.69) is 5.32 Å². The Hall–Kier alpha value is -2.97. The number of hydrogen-bond donors (Lipinski definition) is 1. The second kappa shape index (κ2) is 8.67. The van der Waals surface area contributed by atoms with Crippen molar-refractivity contribution in [1.82, 2.24) is 0 Å². The summed E-state index contributed by atoms with van der Waals surface area (Å²) in [5.74, 6) is -3.49. The van der Waals surface area contributed by atoms with Crippen molar-refractivity contribution in [2.75, 3.05) is 16.8 Å². The van der Waals surface area contributed by atoms with Crippen LogP contribution in [-0.4, -0.2) is 41.1 Å². The van der Waals surface area contributed by atoms with Gasteiger partial charge in [-0.2, -0.15) is 0 Å². The molecule has 2 aromatic carbocycles. The SMILES string of the molecule is O=C(COC(=O)c1ccc(N2C(=O)[C@@H]3[C@H]4C[C@@H]([C@H](Cl)[C@H]4Cl)[C@@H]3C2=O)cc1)Nc1ccc(F)cc1. The molecule has 2 aromatic rings. The Kier molecular flexibility index (Phi) is 5.81. The van der Waals surface area contributed by atoms with Gasteiger partial charge in [-0.25, -0.2) is 9.18 Å².